The second-order valence-electron chi connectivity index (χ2n) is 10.6. The van der Waals surface area contributed by atoms with Crippen molar-refractivity contribution in [3.63, 3.8) is 0 Å². The van der Waals surface area contributed by atoms with Crippen molar-refractivity contribution in [3.05, 3.63) is 82.4 Å². The number of aryl methyl sites for hydroxylation is 2. The average molecular weight is 711 g/mol. The predicted molar refractivity (Wildman–Crippen MR) is 169 cm³/mol. The van der Waals surface area contributed by atoms with Gasteiger partial charge in [0, 0.05) is 11.6 Å². The molecule has 0 saturated heterocycles. The molecule has 1 aromatic heterocycles. The van der Waals surface area contributed by atoms with Gasteiger partial charge in [-0.15, -0.1) is 11.3 Å². The Balaban J connectivity index is 0.000000274. The number of carboxylic acids is 2. The number of sulfone groups is 1. The number of benzene rings is 2. The Labute approximate surface area is 275 Å². The van der Waals surface area contributed by atoms with E-state index in [0.717, 1.165) is 22.5 Å². The molecule has 0 aliphatic carbocycles. The smallest absolute Gasteiger partial charge is 0.349 e. The number of sulfonamides is 1. The fraction of sp³-hybridized carbons (Fsp3) is 0.333. The van der Waals surface area contributed by atoms with E-state index in [0.29, 0.717) is 18.5 Å². The standard InChI is InChI=1S/C20H18O8.C10H16N2O4S3/c1-11-3-7-13(8-4-11)19(25)27-15(17(21)22)16(18(23)24)28-20(26)14-9-5-12(2)6-10-14;1-3-12-8-4-6(2)18(13,14)10-7(8)5-9(17-10)19(11,15)16/h3-10,15-16H,1-2H3,(H,21,22)(H,23,24);5-6,8,12H,3-4H2,1-2H3,(H2,11,15,16). The van der Waals surface area contributed by atoms with Crippen LogP contribution in [0.3, 0.4) is 0 Å². The van der Waals surface area contributed by atoms with Gasteiger partial charge >= 0.3 is 23.9 Å². The third-order valence-electron chi connectivity index (χ3n) is 6.97. The number of primary sulfonamides is 1. The fourth-order valence-electron chi connectivity index (χ4n) is 4.41. The number of carboxylic acid groups (broad SMARTS) is 2. The second-order valence-corrected chi connectivity index (χ2v) is 16.0. The highest BCUT2D eigenvalue weighted by Crippen LogP contribution is 2.42. The first-order valence-electron chi connectivity index (χ1n) is 14.0. The maximum Gasteiger partial charge on any atom is 0.349 e. The van der Waals surface area contributed by atoms with Crippen LogP contribution in [-0.2, 0) is 38.9 Å². The Hall–Kier alpha value is -4.16. The Kier molecular flexibility index (Phi) is 12.0. The van der Waals surface area contributed by atoms with Gasteiger partial charge in [-0.25, -0.2) is 41.2 Å². The van der Waals surface area contributed by atoms with Crippen molar-refractivity contribution in [3.8, 4) is 0 Å². The van der Waals surface area contributed by atoms with Gasteiger partial charge in [-0.3, -0.25) is 0 Å². The Morgan fingerprint density at radius 1 is 0.915 bits per heavy atom. The molecular weight excluding hydrogens is 677 g/mol. The Bertz CT molecular complexity index is 1780. The summed E-state index contributed by atoms with van der Waals surface area (Å²) in [6, 6.07) is 13.3. The maximum atomic E-state index is 12.2. The predicted octanol–water partition coefficient (Wildman–Crippen LogP) is 2.84. The van der Waals surface area contributed by atoms with Crippen LogP contribution in [0.15, 0.2) is 63.0 Å². The SMILES string of the molecule is CCNC1CC(C)S(=O)(=O)c2sc(S(N)(=O)=O)cc21.Cc1ccc(C(=O)OC(C(=O)O)C(OC(=O)c2ccc(C)cc2)C(=O)O)cc1. The van der Waals surface area contributed by atoms with E-state index in [9.17, 15) is 46.2 Å². The summed E-state index contributed by atoms with van der Waals surface area (Å²) in [6.45, 7) is 7.82. The van der Waals surface area contributed by atoms with Crippen LogP contribution >= 0.6 is 11.3 Å². The summed E-state index contributed by atoms with van der Waals surface area (Å²) in [6.07, 6.45) is -4.01. The van der Waals surface area contributed by atoms with Gasteiger partial charge in [0.15, 0.2) is 9.84 Å². The summed E-state index contributed by atoms with van der Waals surface area (Å²) in [5, 5.41) is 26.4. The second kappa shape index (κ2) is 15.2. The minimum atomic E-state index is -3.88. The molecule has 0 radical (unpaired) electrons. The number of hydrogen-bond acceptors (Lipinski definition) is 12. The van der Waals surface area contributed by atoms with Crippen molar-refractivity contribution < 1.29 is 55.7 Å². The van der Waals surface area contributed by atoms with Gasteiger partial charge in [-0.2, -0.15) is 0 Å². The van der Waals surface area contributed by atoms with Crippen molar-refractivity contribution in [1.29, 1.82) is 0 Å². The summed E-state index contributed by atoms with van der Waals surface area (Å²) in [4.78, 5) is 47.3. The monoisotopic (exact) mass is 710 g/mol. The lowest BCUT2D eigenvalue weighted by atomic mass is 10.1. The van der Waals surface area contributed by atoms with Crippen LogP contribution in [0.2, 0.25) is 0 Å². The van der Waals surface area contributed by atoms with Crippen molar-refractivity contribution in [2.75, 3.05) is 6.54 Å². The van der Waals surface area contributed by atoms with E-state index in [-0.39, 0.29) is 25.6 Å². The molecule has 47 heavy (non-hydrogen) atoms. The minimum absolute atomic E-state index is 0.0332. The average Bonchev–Trinajstić information content (AvgIpc) is 3.47. The van der Waals surface area contributed by atoms with Gasteiger partial charge in [-0.1, -0.05) is 42.3 Å². The number of rotatable bonds is 10. The van der Waals surface area contributed by atoms with Crippen molar-refractivity contribution in [2.24, 2.45) is 5.14 Å². The highest BCUT2D eigenvalue weighted by atomic mass is 32.3. The van der Waals surface area contributed by atoms with Crippen molar-refractivity contribution in [2.45, 2.75) is 66.0 Å². The van der Waals surface area contributed by atoms with Crippen LogP contribution in [0.4, 0.5) is 0 Å². The number of carbonyl (C=O) groups is 4. The number of carbonyl (C=O) groups excluding carboxylic acids is 2. The molecule has 254 valence electrons. The lowest BCUT2D eigenvalue weighted by molar-refractivity contribution is -0.166. The van der Waals surface area contributed by atoms with Gasteiger partial charge in [0.25, 0.3) is 0 Å². The summed E-state index contributed by atoms with van der Waals surface area (Å²) >= 11 is 0.742. The van der Waals surface area contributed by atoms with Crippen LogP contribution in [-0.4, -0.2) is 74.9 Å². The molecule has 4 rings (SSSR count). The number of aliphatic carboxylic acids is 2. The van der Waals surface area contributed by atoms with Crippen LogP contribution in [0.5, 0.6) is 0 Å². The summed E-state index contributed by atoms with van der Waals surface area (Å²) in [5.41, 5.74) is 2.31. The van der Waals surface area contributed by atoms with Gasteiger partial charge in [0.05, 0.1) is 16.4 Å². The number of thiophene rings is 1. The molecule has 1 aliphatic rings. The largest absolute Gasteiger partial charge is 0.478 e. The molecule has 17 heteroatoms. The number of fused-ring (bicyclic) bond motifs is 1. The zero-order valence-corrected chi connectivity index (χ0v) is 28.1. The number of ether oxygens (including phenoxy) is 2. The number of nitrogens with two attached hydrogens (primary N) is 1. The lowest BCUT2D eigenvalue weighted by Crippen LogP contribution is -2.45. The van der Waals surface area contributed by atoms with Gasteiger partial charge in [0.1, 0.15) is 8.42 Å². The molecule has 0 saturated carbocycles. The minimum Gasteiger partial charge on any atom is -0.478 e. The van der Waals surface area contributed by atoms with E-state index < -0.39 is 61.2 Å². The zero-order chi connectivity index (χ0) is 35.3. The highest BCUT2D eigenvalue weighted by molar-refractivity contribution is 7.95. The van der Waals surface area contributed by atoms with Gasteiger partial charge in [0.2, 0.25) is 22.2 Å². The first-order valence-corrected chi connectivity index (χ1v) is 17.9. The fourth-order valence-corrected chi connectivity index (χ4v) is 8.83. The lowest BCUT2D eigenvalue weighted by Gasteiger charge is -2.27. The third kappa shape index (κ3) is 9.23. The molecule has 0 spiro atoms. The van der Waals surface area contributed by atoms with Crippen molar-refractivity contribution in [1.82, 2.24) is 5.32 Å². The third-order valence-corrected chi connectivity index (χ3v) is 12.3. The van der Waals surface area contributed by atoms with E-state index >= 15 is 0 Å². The quantitative estimate of drug-likeness (QED) is 0.222. The molecule has 5 N–H and O–H groups in total. The molecule has 0 amide bonds. The molecular formula is C30H34N2O12S3. The Morgan fingerprint density at radius 3 is 1.70 bits per heavy atom. The van der Waals surface area contributed by atoms with Crippen LogP contribution in [0, 0.1) is 13.8 Å². The first kappa shape index (κ1) is 37.3. The van der Waals surface area contributed by atoms with Crippen molar-refractivity contribution >= 4 is 55.1 Å². The van der Waals surface area contributed by atoms with E-state index in [1.807, 2.05) is 6.92 Å². The summed E-state index contributed by atoms with van der Waals surface area (Å²) in [7, 11) is -7.33. The van der Waals surface area contributed by atoms with Gasteiger partial charge < -0.3 is 25.0 Å². The molecule has 1 aliphatic heterocycles. The molecule has 3 aromatic rings. The summed E-state index contributed by atoms with van der Waals surface area (Å²) < 4.78 is 56.9. The molecule has 14 nitrogen and oxygen atoms in total. The van der Waals surface area contributed by atoms with Gasteiger partial charge in [-0.05, 0) is 64.1 Å². The molecule has 2 heterocycles. The van der Waals surface area contributed by atoms with Crippen LogP contribution in [0.25, 0.3) is 0 Å². The van der Waals surface area contributed by atoms with E-state index in [4.69, 9.17) is 14.6 Å². The number of nitrogens with one attached hydrogen (secondary N) is 1. The van der Waals surface area contributed by atoms with E-state index in [2.05, 4.69) is 5.32 Å². The van der Waals surface area contributed by atoms with E-state index in [1.54, 1.807) is 45.0 Å². The molecule has 0 fully saturated rings. The summed E-state index contributed by atoms with van der Waals surface area (Å²) in [5.74, 6) is -5.62. The molecule has 2 aromatic carbocycles. The van der Waals surface area contributed by atoms with Crippen LogP contribution < -0.4 is 10.5 Å². The first-order chi connectivity index (χ1) is 21.9. The van der Waals surface area contributed by atoms with E-state index in [1.165, 1.54) is 30.3 Å². The molecule has 0 bridgehead atoms. The molecule has 4 unspecified atom stereocenters. The maximum absolute atomic E-state index is 12.2. The highest BCUT2D eigenvalue weighted by Gasteiger charge is 2.41. The van der Waals surface area contributed by atoms with Crippen LogP contribution in [0.1, 0.15) is 63.7 Å². The number of hydrogen-bond donors (Lipinski definition) is 4. The number of esters is 2. The zero-order valence-electron chi connectivity index (χ0n) is 25.7. The topological polar surface area (TPSA) is 234 Å². The molecule has 4 atom stereocenters. The normalized spacial score (nSPS) is 18.0. The Morgan fingerprint density at radius 2 is 1.34 bits per heavy atom.